The van der Waals surface area contributed by atoms with Crippen molar-refractivity contribution in [3.05, 3.63) is 21.3 Å². The Morgan fingerprint density at radius 3 is 2.82 bits per heavy atom. The first-order valence-electron chi connectivity index (χ1n) is 5.36. The Bertz CT molecular complexity index is 446. The van der Waals surface area contributed by atoms with Crippen LogP contribution in [0.5, 0.6) is 0 Å². The van der Waals surface area contributed by atoms with Crippen LogP contribution in [0, 0.1) is 0 Å². The number of hydrogen-bond acceptors (Lipinski definition) is 3. The number of carbonyl (C=O) groups excluding carboxylic acids is 2. The summed E-state index contributed by atoms with van der Waals surface area (Å²) in [7, 11) is 1.76. The van der Waals surface area contributed by atoms with Crippen LogP contribution in [0.25, 0.3) is 0 Å². The lowest BCUT2D eigenvalue weighted by atomic mass is 10.3. The number of rotatable bonds is 1. The monoisotopic (exact) mass is 272 g/mol. The molecule has 1 fully saturated rings. The third-order valence-electron chi connectivity index (χ3n) is 2.74. The lowest BCUT2D eigenvalue weighted by Crippen LogP contribution is -2.37. The van der Waals surface area contributed by atoms with Crippen molar-refractivity contribution in [2.24, 2.45) is 0 Å². The molecule has 0 unspecified atom stereocenters. The zero-order valence-electron chi connectivity index (χ0n) is 9.48. The molecule has 2 amide bonds. The highest BCUT2D eigenvalue weighted by Gasteiger charge is 2.24. The Kier molecular flexibility index (Phi) is 3.69. The molecule has 1 aromatic heterocycles. The van der Waals surface area contributed by atoms with Crippen molar-refractivity contribution in [2.45, 2.75) is 6.42 Å². The average molecular weight is 273 g/mol. The Morgan fingerprint density at radius 2 is 2.18 bits per heavy atom. The maximum atomic E-state index is 12.1. The average Bonchev–Trinajstić information content (AvgIpc) is 2.65. The maximum Gasteiger partial charge on any atom is 0.264 e. The lowest BCUT2D eigenvalue weighted by Gasteiger charge is -2.18. The highest BCUT2D eigenvalue weighted by Crippen LogP contribution is 2.23. The second-order valence-corrected chi connectivity index (χ2v) is 5.71. The summed E-state index contributed by atoms with van der Waals surface area (Å²) in [6.07, 6.45) is 0.813. The largest absolute Gasteiger partial charge is 0.344 e. The SMILES string of the molecule is CN1CCCN(C(=O)c2ccc(Cl)s2)CC1=O. The first kappa shape index (κ1) is 12.4. The zero-order chi connectivity index (χ0) is 12.4. The number of amides is 2. The van der Waals surface area contributed by atoms with Gasteiger partial charge in [-0.25, -0.2) is 0 Å². The van der Waals surface area contributed by atoms with Gasteiger partial charge in [0.15, 0.2) is 0 Å². The van der Waals surface area contributed by atoms with E-state index in [1.807, 2.05) is 0 Å². The highest BCUT2D eigenvalue weighted by atomic mass is 35.5. The molecule has 1 aromatic rings. The Labute approximate surface area is 109 Å². The number of halogens is 1. The topological polar surface area (TPSA) is 40.6 Å². The van der Waals surface area contributed by atoms with E-state index >= 15 is 0 Å². The van der Waals surface area contributed by atoms with Crippen LogP contribution in [-0.2, 0) is 4.79 Å². The van der Waals surface area contributed by atoms with Gasteiger partial charge in [-0.2, -0.15) is 0 Å². The minimum atomic E-state index is -0.106. The fraction of sp³-hybridized carbons (Fsp3) is 0.455. The molecule has 2 heterocycles. The Morgan fingerprint density at radius 1 is 1.41 bits per heavy atom. The van der Waals surface area contributed by atoms with E-state index in [0.717, 1.165) is 6.42 Å². The molecule has 0 radical (unpaired) electrons. The summed E-state index contributed by atoms with van der Waals surface area (Å²) < 4.78 is 0.589. The van der Waals surface area contributed by atoms with Crippen molar-refractivity contribution in [3.8, 4) is 0 Å². The second-order valence-electron chi connectivity index (χ2n) is 4.00. The minimum absolute atomic E-state index is 0.0153. The van der Waals surface area contributed by atoms with Crippen LogP contribution in [0.4, 0.5) is 0 Å². The van der Waals surface area contributed by atoms with Crippen molar-refractivity contribution in [2.75, 3.05) is 26.7 Å². The smallest absolute Gasteiger partial charge is 0.264 e. The van der Waals surface area contributed by atoms with E-state index in [1.54, 1.807) is 29.0 Å². The van der Waals surface area contributed by atoms with Crippen LogP contribution in [0.1, 0.15) is 16.1 Å². The molecule has 0 N–H and O–H groups in total. The van der Waals surface area contributed by atoms with Crippen molar-refractivity contribution in [3.63, 3.8) is 0 Å². The van der Waals surface area contributed by atoms with E-state index in [9.17, 15) is 9.59 Å². The first-order chi connectivity index (χ1) is 8.08. The molecular weight excluding hydrogens is 260 g/mol. The van der Waals surface area contributed by atoms with Crippen molar-refractivity contribution >= 4 is 34.8 Å². The summed E-state index contributed by atoms with van der Waals surface area (Å²) in [5.74, 6) is -0.121. The first-order valence-corrected chi connectivity index (χ1v) is 6.56. The van der Waals surface area contributed by atoms with E-state index in [1.165, 1.54) is 11.3 Å². The van der Waals surface area contributed by atoms with Crippen molar-refractivity contribution in [1.82, 2.24) is 9.80 Å². The van der Waals surface area contributed by atoms with Crippen LogP contribution in [0.15, 0.2) is 12.1 Å². The molecule has 6 heteroatoms. The molecule has 0 aliphatic carbocycles. The molecule has 0 spiro atoms. The third kappa shape index (κ3) is 2.79. The van der Waals surface area contributed by atoms with Crippen LogP contribution in [0.2, 0.25) is 4.34 Å². The molecule has 1 aliphatic rings. The van der Waals surface area contributed by atoms with E-state index in [4.69, 9.17) is 11.6 Å². The summed E-state index contributed by atoms with van der Waals surface area (Å²) in [6, 6.07) is 3.40. The molecule has 2 rings (SSSR count). The van der Waals surface area contributed by atoms with Gasteiger partial charge in [0.05, 0.1) is 9.21 Å². The number of thiophene rings is 1. The van der Waals surface area contributed by atoms with Gasteiger partial charge < -0.3 is 9.80 Å². The third-order valence-corrected chi connectivity index (χ3v) is 3.96. The van der Waals surface area contributed by atoms with E-state index in [2.05, 4.69) is 0 Å². The standard InChI is InChI=1S/C11H13ClN2O2S/c1-13-5-2-6-14(7-10(13)15)11(16)8-3-4-9(12)17-8/h3-4H,2,5-7H2,1H3. The normalized spacial score (nSPS) is 17.2. The van der Waals surface area contributed by atoms with Crippen LogP contribution in [-0.4, -0.2) is 48.3 Å². The quantitative estimate of drug-likeness (QED) is 0.781. The molecule has 0 atom stereocenters. The summed E-state index contributed by atoms with van der Waals surface area (Å²) >= 11 is 7.05. The van der Waals surface area contributed by atoms with E-state index in [-0.39, 0.29) is 18.4 Å². The number of carbonyl (C=O) groups is 2. The minimum Gasteiger partial charge on any atom is -0.344 e. The second kappa shape index (κ2) is 5.06. The predicted molar refractivity (Wildman–Crippen MR) is 67.5 cm³/mol. The summed E-state index contributed by atoms with van der Waals surface area (Å²) in [4.78, 5) is 27.6. The highest BCUT2D eigenvalue weighted by molar-refractivity contribution is 7.17. The maximum absolute atomic E-state index is 12.1. The van der Waals surface area contributed by atoms with Crippen molar-refractivity contribution in [1.29, 1.82) is 0 Å². The van der Waals surface area contributed by atoms with Gasteiger partial charge in [0.1, 0.15) is 6.54 Å². The van der Waals surface area contributed by atoms with Gasteiger partial charge in [0.2, 0.25) is 5.91 Å². The van der Waals surface area contributed by atoms with Gasteiger partial charge in [-0.3, -0.25) is 9.59 Å². The summed E-state index contributed by atoms with van der Waals surface area (Å²) in [5, 5.41) is 0. The molecule has 1 saturated heterocycles. The number of hydrogen-bond donors (Lipinski definition) is 0. The van der Waals surface area contributed by atoms with Gasteiger partial charge in [-0.05, 0) is 18.6 Å². The molecular formula is C11H13ClN2O2S. The molecule has 4 nitrogen and oxygen atoms in total. The van der Waals surface area contributed by atoms with Gasteiger partial charge in [-0.1, -0.05) is 11.6 Å². The fourth-order valence-electron chi connectivity index (χ4n) is 1.74. The fourth-order valence-corrected chi connectivity index (χ4v) is 2.76. The van der Waals surface area contributed by atoms with Crippen molar-refractivity contribution < 1.29 is 9.59 Å². The van der Waals surface area contributed by atoms with Gasteiger partial charge in [0.25, 0.3) is 5.91 Å². The molecule has 1 aliphatic heterocycles. The summed E-state index contributed by atoms with van der Waals surface area (Å²) in [5.41, 5.74) is 0. The predicted octanol–water partition coefficient (Wildman–Crippen LogP) is 1.71. The van der Waals surface area contributed by atoms with Crippen LogP contribution >= 0.6 is 22.9 Å². The number of likely N-dealkylation sites (N-methyl/N-ethyl adjacent to an activating group) is 1. The Balaban J connectivity index is 2.11. The molecule has 17 heavy (non-hydrogen) atoms. The molecule has 0 aromatic carbocycles. The number of nitrogens with zero attached hydrogens (tertiary/aromatic N) is 2. The Hall–Kier alpha value is -1.07. The van der Waals surface area contributed by atoms with Gasteiger partial charge in [0, 0.05) is 20.1 Å². The lowest BCUT2D eigenvalue weighted by molar-refractivity contribution is -0.129. The molecule has 92 valence electrons. The van der Waals surface area contributed by atoms with E-state index in [0.29, 0.717) is 22.3 Å². The molecule has 0 saturated carbocycles. The summed E-state index contributed by atoms with van der Waals surface area (Å²) in [6.45, 7) is 1.48. The van der Waals surface area contributed by atoms with E-state index < -0.39 is 0 Å². The van der Waals surface area contributed by atoms with Gasteiger partial charge in [-0.15, -0.1) is 11.3 Å². The van der Waals surface area contributed by atoms with Crippen LogP contribution < -0.4 is 0 Å². The molecule has 0 bridgehead atoms. The van der Waals surface area contributed by atoms with Gasteiger partial charge >= 0.3 is 0 Å². The zero-order valence-corrected chi connectivity index (χ0v) is 11.1. The van der Waals surface area contributed by atoms with Crippen LogP contribution in [0.3, 0.4) is 0 Å².